The van der Waals surface area contributed by atoms with Crippen molar-refractivity contribution in [3.8, 4) is 12.3 Å². The van der Waals surface area contributed by atoms with Crippen molar-refractivity contribution in [2.75, 3.05) is 20.1 Å². The summed E-state index contributed by atoms with van der Waals surface area (Å²) in [6, 6.07) is 10.5. The van der Waals surface area contributed by atoms with Gasteiger partial charge in [0.25, 0.3) is 0 Å². The lowest BCUT2D eigenvalue weighted by Crippen LogP contribution is -2.37. The molecular weight excluding hydrogens is 210 g/mol. The summed E-state index contributed by atoms with van der Waals surface area (Å²) in [5, 5.41) is 6.24. The van der Waals surface area contributed by atoms with E-state index < -0.39 is 0 Å². The summed E-state index contributed by atoms with van der Waals surface area (Å²) in [5.74, 6) is 3.28. The summed E-state index contributed by atoms with van der Waals surface area (Å²) >= 11 is 0. The molecule has 0 unspecified atom stereocenters. The minimum Gasteiger partial charge on any atom is -0.356 e. The van der Waals surface area contributed by atoms with Crippen molar-refractivity contribution >= 4 is 5.96 Å². The van der Waals surface area contributed by atoms with E-state index in [0.717, 1.165) is 25.3 Å². The predicted molar refractivity (Wildman–Crippen MR) is 73.0 cm³/mol. The Balaban J connectivity index is 2.17. The number of nitrogens with one attached hydrogen (secondary N) is 2. The zero-order chi connectivity index (χ0) is 12.3. The van der Waals surface area contributed by atoms with Crippen LogP contribution in [0.4, 0.5) is 0 Å². The first-order chi connectivity index (χ1) is 8.36. The van der Waals surface area contributed by atoms with Gasteiger partial charge in [0.1, 0.15) is 0 Å². The Kier molecular flexibility index (Phi) is 6.35. The zero-order valence-electron chi connectivity index (χ0n) is 10.2. The molecule has 0 aliphatic rings. The van der Waals surface area contributed by atoms with Crippen molar-refractivity contribution < 1.29 is 0 Å². The maximum absolute atomic E-state index is 5.17. The molecule has 3 heteroatoms. The lowest BCUT2D eigenvalue weighted by Gasteiger charge is -2.09. The Bertz CT molecular complexity index is 376. The maximum Gasteiger partial charge on any atom is 0.191 e. The molecule has 0 aliphatic carbocycles. The Morgan fingerprint density at radius 1 is 1.29 bits per heavy atom. The van der Waals surface area contributed by atoms with Crippen LogP contribution in [0.2, 0.25) is 0 Å². The molecule has 0 aromatic heterocycles. The van der Waals surface area contributed by atoms with Gasteiger partial charge in [-0.1, -0.05) is 36.3 Å². The standard InChI is InChI=1S/C14H19N3/c1-3-11-16-14(15-2)17-12-7-10-13-8-5-4-6-9-13/h1,4-6,8-9H,7,10-12H2,2H3,(H2,15,16,17). The lowest BCUT2D eigenvalue weighted by molar-refractivity contribution is 0.754. The Labute approximate surface area is 103 Å². The molecule has 0 fully saturated rings. The fourth-order valence-corrected chi connectivity index (χ4v) is 1.50. The van der Waals surface area contributed by atoms with Crippen LogP contribution in [0.25, 0.3) is 0 Å². The second-order valence-electron chi connectivity index (χ2n) is 3.65. The number of hydrogen-bond donors (Lipinski definition) is 2. The third kappa shape index (κ3) is 5.62. The van der Waals surface area contributed by atoms with Gasteiger partial charge in [-0.3, -0.25) is 4.99 Å². The molecule has 3 nitrogen and oxygen atoms in total. The molecule has 1 aromatic rings. The third-order valence-electron chi connectivity index (χ3n) is 2.36. The minimum atomic E-state index is 0.498. The average molecular weight is 229 g/mol. The van der Waals surface area contributed by atoms with Gasteiger partial charge in [-0.05, 0) is 18.4 Å². The number of terminal acetylenes is 1. The molecule has 0 saturated heterocycles. The van der Waals surface area contributed by atoms with Gasteiger partial charge in [-0.2, -0.15) is 0 Å². The van der Waals surface area contributed by atoms with Gasteiger partial charge in [-0.25, -0.2) is 0 Å². The summed E-state index contributed by atoms with van der Waals surface area (Å²) in [4.78, 5) is 4.07. The number of hydrogen-bond acceptors (Lipinski definition) is 1. The molecule has 1 rings (SSSR count). The van der Waals surface area contributed by atoms with Gasteiger partial charge in [0.2, 0.25) is 0 Å². The van der Waals surface area contributed by atoms with E-state index in [1.807, 2.05) is 6.07 Å². The van der Waals surface area contributed by atoms with Crippen molar-refractivity contribution in [1.82, 2.24) is 10.6 Å². The monoisotopic (exact) mass is 229 g/mol. The number of nitrogens with zero attached hydrogens (tertiary/aromatic N) is 1. The SMILES string of the molecule is C#CCNC(=NC)NCCCc1ccccc1. The number of rotatable bonds is 5. The van der Waals surface area contributed by atoms with Crippen LogP contribution in [0.3, 0.4) is 0 Å². The van der Waals surface area contributed by atoms with Crippen molar-refractivity contribution in [2.45, 2.75) is 12.8 Å². The first-order valence-electron chi connectivity index (χ1n) is 5.78. The second-order valence-corrected chi connectivity index (χ2v) is 3.65. The van der Waals surface area contributed by atoms with Gasteiger partial charge < -0.3 is 10.6 Å². The quantitative estimate of drug-likeness (QED) is 0.347. The molecule has 0 amide bonds. The molecule has 0 heterocycles. The third-order valence-corrected chi connectivity index (χ3v) is 2.36. The van der Waals surface area contributed by atoms with Crippen molar-refractivity contribution in [3.63, 3.8) is 0 Å². The predicted octanol–water partition coefficient (Wildman–Crippen LogP) is 1.42. The van der Waals surface area contributed by atoms with E-state index in [-0.39, 0.29) is 0 Å². The molecule has 0 atom stereocenters. The Hall–Kier alpha value is -1.95. The molecule has 0 bridgehead atoms. The molecule has 2 N–H and O–H groups in total. The number of aryl methyl sites for hydroxylation is 1. The highest BCUT2D eigenvalue weighted by Crippen LogP contribution is 2.01. The van der Waals surface area contributed by atoms with Crippen LogP contribution in [0, 0.1) is 12.3 Å². The number of benzene rings is 1. The highest BCUT2D eigenvalue weighted by Gasteiger charge is 1.95. The van der Waals surface area contributed by atoms with Gasteiger partial charge in [0.05, 0.1) is 6.54 Å². The van der Waals surface area contributed by atoms with E-state index in [0.29, 0.717) is 6.54 Å². The molecule has 0 radical (unpaired) electrons. The van der Waals surface area contributed by atoms with Crippen molar-refractivity contribution in [1.29, 1.82) is 0 Å². The van der Waals surface area contributed by atoms with E-state index in [2.05, 4.69) is 45.8 Å². The summed E-state index contributed by atoms with van der Waals surface area (Å²) in [5.41, 5.74) is 1.36. The molecule has 1 aromatic carbocycles. The molecule has 90 valence electrons. The molecule has 0 aliphatic heterocycles. The topological polar surface area (TPSA) is 36.4 Å². The molecule has 17 heavy (non-hydrogen) atoms. The highest BCUT2D eigenvalue weighted by molar-refractivity contribution is 5.79. The largest absolute Gasteiger partial charge is 0.356 e. The molecule has 0 saturated carbocycles. The van der Waals surface area contributed by atoms with Crippen LogP contribution in [-0.4, -0.2) is 26.1 Å². The second kappa shape index (κ2) is 8.23. The number of guanidine groups is 1. The summed E-state index contributed by atoms with van der Waals surface area (Å²) in [7, 11) is 1.74. The maximum atomic E-state index is 5.17. The van der Waals surface area contributed by atoms with Gasteiger partial charge >= 0.3 is 0 Å². The normalized spacial score (nSPS) is 10.7. The lowest BCUT2D eigenvalue weighted by atomic mass is 10.1. The fraction of sp³-hybridized carbons (Fsp3) is 0.357. The zero-order valence-corrected chi connectivity index (χ0v) is 10.2. The van der Waals surface area contributed by atoms with Crippen LogP contribution in [-0.2, 0) is 6.42 Å². The first kappa shape index (κ1) is 13.1. The van der Waals surface area contributed by atoms with Crippen LogP contribution < -0.4 is 10.6 Å². The highest BCUT2D eigenvalue weighted by atomic mass is 15.2. The van der Waals surface area contributed by atoms with E-state index in [1.165, 1.54) is 5.56 Å². The molecular formula is C14H19N3. The van der Waals surface area contributed by atoms with Crippen molar-refractivity contribution in [2.24, 2.45) is 4.99 Å². The summed E-state index contributed by atoms with van der Waals surface area (Å²) < 4.78 is 0. The van der Waals surface area contributed by atoms with Crippen LogP contribution in [0.15, 0.2) is 35.3 Å². The van der Waals surface area contributed by atoms with Crippen molar-refractivity contribution in [3.05, 3.63) is 35.9 Å². The Morgan fingerprint density at radius 3 is 2.71 bits per heavy atom. The Morgan fingerprint density at radius 2 is 2.06 bits per heavy atom. The van der Waals surface area contributed by atoms with Crippen LogP contribution in [0.5, 0.6) is 0 Å². The van der Waals surface area contributed by atoms with Crippen LogP contribution >= 0.6 is 0 Å². The summed E-state index contributed by atoms with van der Waals surface area (Å²) in [6.07, 6.45) is 7.31. The van der Waals surface area contributed by atoms with Gasteiger partial charge in [-0.15, -0.1) is 6.42 Å². The minimum absolute atomic E-state index is 0.498. The van der Waals surface area contributed by atoms with E-state index in [4.69, 9.17) is 6.42 Å². The van der Waals surface area contributed by atoms with E-state index in [1.54, 1.807) is 7.05 Å². The van der Waals surface area contributed by atoms with Crippen LogP contribution in [0.1, 0.15) is 12.0 Å². The average Bonchev–Trinajstić information content (AvgIpc) is 2.39. The van der Waals surface area contributed by atoms with E-state index in [9.17, 15) is 0 Å². The summed E-state index contributed by atoms with van der Waals surface area (Å²) in [6.45, 7) is 1.39. The van der Waals surface area contributed by atoms with Gasteiger partial charge in [0, 0.05) is 13.6 Å². The fourth-order valence-electron chi connectivity index (χ4n) is 1.50. The first-order valence-corrected chi connectivity index (χ1v) is 5.78. The number of aliphatic imine (C=N–C) groups is 1. The van der Waals surface area contributed by atoms with E-state index >= 15 is 0 Å². The molecule has 0 spiro atoms. The van der Waals surface area contributed by atoms with Gasteiger partial charge in [0.15, 0.2) is 5.96 Å². The smallest absolute Gasteiger partial charge is 0.191 e.